The molecule has 0 radical (unpaired) electrons. The van der Waals surface area contributed by atoms with E-state index in [1.165, 1.54) is 15.3 Å². The number of nitrogens with zero attached hydrogens (tertiary/aromatic N) is 2. The molecule has 1 unspecified atom stereocenters. The van der Waals surface area contributed by atoms with Crippen molar-refractivity contribution in [3.05, 3.63) is 33.8 Å². The third-order valence-electron chi connectivity index (χ3n) is 3.06. The van der Waals surface area contributed by atoms with Gasteiger partial charge in [0.15, 0.2) is 0 Å². The van der Waals surface area contributed by atoms with Crippen LogP contribution in [0.25, 0.3) is 0 Å². The summed E-state index contributed by atoms with van der Waals surface area (Å²) >= 11 is 1.86. The Balaban J connectivity index is 2.11. The topological polar surface area (TPSA) is 29.9 Å². The van der Waals surface area contributed by atoms with E-state index in [1.807, 2.05) is 22.2 Å². The standard InChI is InChI=1S/C14H21N3S/c1-9(2)17-8-13(7-15-17)16-11(4)14-6-10(3)18-12(14)5/h6-9,11,16H,1-5H3. The molecule has 3 nitrogen and oxygen atoms in total. The van der Waals surface area contributed by atoms with Crippen LogP contribution in [0, 0.1) is 13.8 Å². The first-order valence-electron chi connectivity index (χ1n) is 6.35. The zero-order chi connectivity index (χ0) is 13.3. The Labute approximate surface area is 113 Å². The lowest BCUT2D eigenvalue weighted by Crippen LogP contribution is -2.06. The van der Waals surface area contributed by atoms with E-state index in [2.05, 4.69) is 57.3 Å². The third-order valence-corrected chi connectivity index (χ3v) is 4.04. The molecule has 1 atom stereocenters. The van der Waals surface area contributed by atoms with Crippen molar-refractivity contribution in [1.82, 2.24) is 9.78 Å². The fourth-order valence-corrected chi connectivity index (χ4v) is 3.13. The van der Waals surface area contributed by atoms with Crippen molar-refractivity contribution in [3.8, 4) is 0 Å². The molecule has 0 bridgehead atoms. The van der Waals surface area contributed by atoms with Gasteiger partial charge in [0.05, 0.1) is 11.9 Å². The molecule has 0 amide bonds. The molecule has 0 aliphatic carbocycles. The normalized spacial score (nSPS) is 13.0. The summed E-state index contributed by atoms with van der Waals surface area (Å²) < 4.78 is 1.97. The number of thiophene rings is 1. The number of anilines is 1. The Morgan fingerprint density at radius 1 is 1.28 bits per heavy atom. The first-order valence-corrected chi connectivity index (χ1v) is 7.16. The second kappa shape index (κ2) is 5.14. The Morgan fingerprint density at radius 3 is 2.50 bits per heavy atom. The lowest BCUT2D eigenvalue weighted by Gasteiger charge is -2.13. The minimum absolute atomic E-state index is 0.319. The Bertz CT molecular complexity index is 525. The lowest BCUT2D eigenvalue weighted by molar-refractivity contribution is 0.532. The summed E-state index contributed by atoms with van der Waals surface area (Å²) in [5.74, 6) is 0. The minimum Gasteiger partial charge on any atom is -0.376 e. The van der Waals surface area contributed by atoms with Crippen LogP contribution < -0.4 is 5.32 Å². The molecule has 1 N–H and O–H groups in total. The van der Waals surface area contributed by atoms with Gasteiger partial charge in [0, 0.05) is 28.0 Å². The summed E-state index contributed by atoms with van der Waals surface area (Å²) in [5.41, 5.74) is 2.47. The van der Waals surface area contributed by atoms with Crippen LogP contribution in [0.5, 0.6) is 0 Å². The molecule has 2 aromatic heterocycles. The van der Waals surface area contributed by atoms with Crippen LogP contribution in [0.4, 0.5) is 5.69 Å². The lowest BCUT2D eigenvalue weighted by atomic mass is 10.1. The van der Waals surface area contributed by atoms with Crippen LogP contribution >= 0.6 is 11.3 Å². The van der Waals surface area contributed by atoms with Crippen LogP contribution in [0.1, 0.15) is 48.2 Å². The van der Waals surface area contributed by atoms with E-state index in [-0.39, 0.29) is 0 Å². The summed E-state index contributed by atoms with van der Waals surface area (Å²) in [6.07, 6.45) is 3.96. The Morgan fingerprint density at radius 2 is 2.00 bits per heavy atom. The summed E-state index contributed by atoms with van der Waals surface area (Å²) in [7, 11) is 0. The number of hydrogen-bond acceptors (Lipinski definition) is 3. The summed E-state index contributed by atoms with van der Waals surface area (Å²) in [6, 6.07) is 2.99. The smallest absolute Gasteiger partial charge is 0.0731 e. The number of aryl methyl sites for hydroxylation is 2. The van der Waals surface area contributed by atoms with Crippen molar-refractivity contribution in [2.45, 2.75) is 46.7 Å². The fraction of sp³-hybridized carbons (Fsp3) is 0.500. The molecule has 2 rings (SSSR count). The fourth-order valence-electron chi connectivity index (χ4n) is 2.10. The van der Waals surface area contributed by atoms with E-state index >= 15 is 0 Å². The van der Waals surface area contributed by atoms with Gasteiger partial charge < -0.3 is 5.32 Å². The summed E-state index contributed by atoms with van der Waals surface area (Å²) in [4.78, 5) is 2.76. The van der Waals surface area contributed by atoms with Gasteiger partial charge in [-0.05, 0) is 46.2 Å². The molecule has 0 aliphatic heterocycles. The molecule has 0 aromatic carbocycles. The molecule has 4 heteroatoms. The van der Waals surface area contributed by atoms with Crippen molar-refractivity contribution < 1.29 is 0 Å². The monoisotopic (exact) mass is 263 g/mol. The highest BCUT2D eigenvalue weighted by atomic mass is 32.1. The number of nitrogens with one attached hydrogen (secondary N) is 1. The van der Waals surface area contributed by atoms with Gasteiger partial charge >= 0.3 is 0 Å². The highest BCUT2D eigenvalue weighted by Crippen LogP contribution is 2.28. The van der Waals surface area contributed by atoms with Gasteiger partial charge in [-0.15, -0.1) is 11.3 Å². The van der Waals surface area contributed by atoms with Crippen LogP contribution in [0.15, 0.2) is 18.5 Å². The molecule has 0 saturated heterocycles. The van der Waals surface area contributed by atoms with E-state index in [0.29, 0.717) is 12.1 Å². The molecular weight excluding hydrogens is 242 g/mol. The van der Waals surface area contributed by atoms with E-state index in [4.69, 9.17) is 0 Å². The van der Waals surface area contributed by atoms with Gasteiger partial charge in [0.2, 0.25) is 0 Å². The predicted octanol–water partition coefficient (Wildman–Crippen LogP) is 4.32. The van der Waals surface area contributed by atoms with Crippen LogP contribution in [0.2, 0.25) is 0 Å². The molecule has 18 heavy (non-hydrogen) atoms. The van der Waals surface area contributed by atoms with Gasteiger partial charge in [-0.2, -0.15) is 5.10 Å². The zero-order valence-corrected chi connectivity index (χ0v) is 12.5. The summed E-state index contributed by atoms with van der Waals surface area (Å²) in [5, 5.41) is 7.86. The van der Waals surface area contributed by atoms with E-state index < -0.39 is 0 Å². The average Bonchev–Trinajstić information content (AvgIpc) is 2.85. The van der Waals surface area contributed by atoms with E-state index in [1.54, 1.807) is 0 Å². The van der Waals surface area contributed by atoms with Gasteiger partial charge in [-0.25, -0.2) is 0 Å². The van der Waals surface area contributed by atoms with E-state index in [9.17, 15) is 0 Å². The highest BCUT2D eigenvalue weighted by molar-refractivity contribution is 7.12. The molecule has 0 aliphatic rings. The molecular formula is C14H21N3S. The first-order chi connectivity index (χ1) is 8.47. The van der Waals surface area contributed by atoms with Gasteiger partial charge in [0.25, 0.3) is 0 Å². The van der Waals surface area contributed by atoms with Crippen molar-refractivity contribution in [1.29, 1.82) is 0 Å². The van der Waals surface area contributed by atoms with Crippen molar-refractivity contribution in [2.75, 3.05) is 5.32 Å². The number of rotatable bonds is 4. The first kappa shape index (κ1) is 13.1. The largest absolute Gasteiger partial charge is 0.376 e. The number of aromatic nitrogens is 2. The molecule has 2 aromatic rings. The maximum atomic E-state index is 4.35. The van der Waals surface area contributed by atoms with E-state index in [0.717, 1.165) is 5.69 Å². The third kappa shape index (κ3) is 2.75. The van der Waals surface area contributed by atoms with Gasteiger partial charge in [-0.1, -0.05) is 0 Å². The second-order valence-corrected chi connectivity index (χ2v) is 6.50. The number of hydrogen-bond donors (Lipinski definition) is 1. The SMILES string of the molecule is Cc1cc(C(C)Nc2cnn(C(C)C)c2)c(C)s1. The van der Waals surface area contributed by atoms with Crippen LogP contribution in [-0.2, 0) is 0 Å². The maximum Gasteiger partial charge on any atom is 0.0731 e. The quantitative estimate of drug-likeness (QED) is 0.890. The molecule has 0 spiro atoms. The molecule has 2 heterocycles. The van der Waals surface area contributed by atoms with Crippen molar-refractivity contribution in [3.63, 3.8) is 0 Å². The maximum absolute atomic E-state index is 4.35. The Kier molecular flexibility index (Phi) is 3.76. The Hall–Kier alpha value is -1.29. The van der Waals surface area contributed by atoms with Crippen molar-refractivity contribution in [2.24, 2.45) is 0 Å². The van der Waals surface area contributed by atoms with Crippen LogP contribution in [-0.4, -0.2) is 9.78 Å². The second-order valence-electron chi connectivity index (χ2n) is 5.04. The summed E-state index contributed by atoms with van der Waals surface area (Å²) in [6.45, 7) is 10.8. The van der Waals surface area contributed by atoms with Crippen molar-refractivity contribution >= 4 is 17.0 Å². The van der Waals surface area contributed by atoms with Crippen LogP contribution in [0.3, 0.4) is 0 Å². The van der Waals surface area contributed by atoms with Gasteiger partial charge in [0.1, 0.15) is 0 Å². The predicted molar refractivity (Wildman–Crippen MR) is 78.4 cm³/mol. The molecule has 98 valence electrons. The zero-order valence-electron chi connectivity index (χ0n) is 11.7. The molecule has 0 fully saturated rings. The van der Waals surface area contributed by atoms with Gasteiger partial charge in [-0.3, -0.25) is 4.68 Å². The minimum atomic E-state index is 0.319. The average molecular weight is 263 g/mol. The molecule has 0 saturated carbocycles. The highest BCUT2D eigenvalue weighted by Gasteiger charge is 2.12.